The Morgan fingerprint density at radius 3 is 2.69 bits per heavy atom. The zero-order chi connectivity index (χ0) is 20.2. The molecule has 1 N–H and O–H groups in total. The van der Waals surface area contributed by atoms with Crippen LogP contribution in [0, 0.1) is 0 Å². The van der Waals surface area contributed by atoms with Gasteiger partial charge in [-0.25, -0.2) is 0 Å². The van der Waals surface area contributed by atoms with E-state index >= 15 is 0 Å². The number of hydrogen-bond donors (Lipinski definition) is 1. The number of likely N-dealkylation sites (N-methyl/N-ethyl adjacent to an activating group) is 1. The number of carbonyl (C=O) groups excluding carboxylic acids is 1. The molecule has 2 aromatic heterocycles. The summed E-state index contributed by atoms with van der Waals surface area (Å²) >= 11 is 0. The minimum absolute atomic E-state index is 0.0828. The number of rotatable bonds is 5. The largest absolute Gasteiger partial charge is 0.373 e. The minimum Gasteiger partial charge on any atom is -0.373 e. The molecule has 29 heavy (non-hydrogen) atoms. The number of pyridine rings is 1. The first kappa shape index (κ1) is 19.3. The van der Waals surface area contributed by atoms with Gasteiger partial charge in [-0.3, -0.25) is 14.9 Å². The Labute approximate surface area is 170 Å². The van der Waals surface area contributed by atoms with Crippen LogP contribution in [0.5, 0.6) is 0 Å². The fraction of sp³-hybridized carbons (Fsp3) is 0.318. The van der Waals surface area contributed by atoms with Crippen molar-refractivity contribution < 1.29 is 9.53 Å². The molecule has 2 atom stereocenters. The molecule has 0 unspecified atom stereocenters. The van der Waals surface area contributed by atoms with E-state index in [2.05, 4.69) is 32.2 Å². The normalized spacial score (nSPS) is 19.5. The van der Waals surface area contributed by atoms with Crippen LogP contribution >= 0.6 is 0 Å². The van der Waals surface area contributed by atoms with E-state index in [0.29, 0.717) is 24.5 Å². The van der Waals surface area contributed by atoms with Gasteiger partial charge in [0.05, 0.1) is 24.4 Å². The third-order valence-corrected chi connectivity index (χ3v) is 5.03. The molecule has 1 saturated heterocycles. The summed E-state index contributed by atoms with van der Waals surface area (Å²) in [5.74, 6) is -0.0828. The molecule has 7 heteroatoms. The fourth-order valence-corrected chi connectivity index (χ4v) is 3.75. The molecule has 0 saturated carbocycles. The number of nitrogens with zero attached hydrogens (tertiary/aromatic N) is 4. The predicted octanol–water partition coefficient (Wildman–Crippen LogP) is 2.62. The molecule has 1 amide bonds. The summed E-state index contributed by atoms with van der Waals surface area (Å²) in [6.07, 6.45) is 1.60. The number of nitrogens with one attached hydrogen (secondary N) is 1. The van der Waals surface area contributed by atoms with Gasteiger partial charge in [0.25, 0.3) is 5.91 Å². The van der Waals surface area contributed by atoms with Gasteiger partial charge in [-0.2, -0.15) is 5.10 Å². The van der Waals surface area contributed by atoms with Crippen LogP contribution in [-0.4, -0.2) is 70.8 Å². The molecule has 3 aromatic rings. The Kier molecular flexibility index (Phi) is 5.69. The van der Waals surface area contributed by atoms with Crippen LogP contribution in [0.25, 0.3) is 11.4 Å². The topological polar surface area (TPSA) is 74.3 Å². The molecule has 4 rings (SSSR count). The molecule has 7 nitrogen and oxygen atoms in total. The second-order valence-electron chi connectivity index (χ2n) is 7.41. The van der Waals surface area contributed by atoms with Crippen LogP contribution in [-0.2, 0) is 4.74 Å². The van der Waals surface area contributed by atoms with Crippen molar-refractivity contribution in [3.63, 3.8) is 0 Å². The number of aromatic nitrogens is 3. The van der Waals surface area contributed by atoms with E-state index in [0.717, 1.165) is 17.8 Å². The molecule has 0 bridgehead atoms. The maximum Gasteiger partial charge on any atom is 0.272 e. The number of hydrogen-bond acceptors (Lipinski definition) is 5. The summed E-state index contributed by atoms with van der Waals surface area (Å²) < 4.78 is 6.08. The maximum absolute atomic E-state index is 13.4. The van der Waals surface area contributed by atoms with Crippen LogP contribution in [0.3, 0.4) is 0 Å². The number of amides is 1. The monoisotopic (exact) mass is 391 g/mol. The maximum atomic E-state index is 13.4. The Bertz CT molecular complexity index is 942. The van der Waals surface area contributed by atoms with E-state index in [9.17, 15) is 4.79 Å². The average molecular weight is 391 g/mol. The van der Waals surface area contributed by atoms with Gasteiger partial charge in [-0.05, 0) is 37.9 Å². The lowest BCUT2D eigenvalue weighted by atomic mass is 9.97. The van der Waals surface area contributed by atoms with E-state index < -0.39 is 0 Å². The van der Waals surface area contributed by atoms with Crippen LogP contribution in [0.2, 0.25) is 0 Å². The second kappa shape index (κ2) is 8.55. The average Bonchev–Trinajstić information content (AvgIpc) is 3.24. The van der Waals surface area contributed by atoms with Crippen LogP contribution in [0.1, 0.15) is 22.1 Å². The summed E-state index contributed by atoms with van der Waals surface area (Å²) in [5.41, 5.74) is 2.91. The van der Waals surface area contributed by atoms with Crippen LogP contribution in [0.15, 0.2) is 60.8 Å². The van der Waals surface area contributed by atoms with Gasteiger partial charge in [-0.1, -0.05) is 36.4 Å². The molecule has 3 heterocycles. The van der Waals surface area contributed by atoms with Gasteiger partial charge < -0.3 is 14.5 Å². The highest BCUT2D eigenvalue weighted by atomic mass is 16.5. The Morgan fingerprint density at radius 2 is 1.97 bits per heavy atom. The smallest absolute Gasteiger partial charge is 0.272 e. The molecule has 1 fully saturated rings. The van der Waals surface area contributed by atoms with E-state index in [1.807, 2.05) is 55.4 Å². The number of carbonyl (C=O) groups is 1. The molecule has 150 valence electrons. The molecule has 1 aliphatic rings. The summed E-state index contributed by atoms with van der Waals surface area (Å²) in [4.78, 5) is 21.7. The van der Waals surface area contributed by atoms with Gasteiger partial charge in [0.2, 0.25) is 0 Å². The van der Waals surface area contributed by atoms with Crippen molar-refractivity contribution in [1.29, 1.82) is 0 Å². The second-order valence-corrected chi connectivity index (χ2v) is 7.41. The van der Waals surface area contributed by atoms with Crippen molar-refractivity contribution in [3.8, 4) is 11.4 Å². The number of benzene rings is 1. The highest BCUT2D eigenvalue weighted by Crippen LogP contribution is 2.31. The number of H-pyrrole nitrogens is 1. The van der Waals surface area contributed by atoms with Gasteiger partial charge in [-0.15, -0.1) is 0 Å². The third-order valence-electron chi connectivity index (χ3n) is 5.03. The van der Waals surface area contributed by atoms with Crippen molar-refractivity contribution in [2.75, 3.05) is 33.8 Å². The number of morpholine rings is 1. The molecule has 0 radical (unpaired) electrons. The Balaban J connectivity index is 1.64. The number of ether oxygens (including phenoxy) is 1. The lowest BCUT2D eigenvalue weighted by molar-refractivity contribution is -0.0686. The zero-order valence-corrected chi connectivity index (χ0v) is 16.7. The Morgan fingerprint density at radius 1 is 1.17 bits per heavy atom. The summed E-state index contributed by atoms with van der Waals surface area (Å²) in [5, 5.41) is 7.19. The van der Waals surface area contributed by atoms with Crippen molar-refractivity contribution >= 4 is 5.91 Å². The minimum atomic E-state index is -0.165. The van der Waals surface area contributed by atoms with Crippen LogP contribution in [0.4, 0.5) is 0 Å². The molecular weight excluding hydrogens is 366 g/mol. The van der Waals surface area contributed by atoms with Gasteiger partial charge in [0, 0.05) is 19.3 Å². The van der Waals surface area contributed by atoms with Gasteiger partial charge in [0.1, 0.15) is 11.4 Å². The summed E-state index contributed by atoms with van der Waals surface area (Å²) in [7, 11) is 4.03. The van der Waals surface area contributed by atoms with Gasteiger partial charge in [0.15, 0.2) is 0 Å². The summed E-state index contributed by atoms with van der Waals surface area (Å²) in [6.45, 7) is 1.76. The molecule has 1 aliphatic heterocycles. The van der Waals surface area contributed by atoms with Crippen molar-refractivity contribution in [3.05, 3.63) is 72.1 Å². The van der Waals surface area contributed by atoms with Crippen LogP contribution < -0.4 is 0 Å². The first-order valence-electron chi connectivity index (χ1n) is 9.72. The fourth-order valence-electron chi connectivity index (χ4n) is 3.75. The quantitative estimate of drug-likeness (QED) is 0.724. The highest BCUT2D eigenvalue weighted by Gasteiger charge is 2.37. The van der Waals surface area contributed by atoms with E-state index in [4.69, 9.17) is 4.74 Å². The Hall–Kier alpha value is -3.03. The molecule has 0 spiro atoms. The summed E-state index contributed by atoms with van der Waals surface area (Å²) in [6, 6.07) is 17.3. The lowest BCUT2D eigenvalue weighted by Crippen LogP contribution is -2.51. The zero-order valence-electron chi connectivity index (χ0n) is 16.7. The van der Waals surface area contributed by atoms with E-state index in [1.165, 1.54) is 0 Å². The molecule has 1 aromatic carbocycles. The predicted molar refractivity (Wildman–Crippen MR) is 110 cm³/mol. The highest BCUT2D eigenvalue weighted by molar-refractivity contribution is 5.93. The standard InChI is InChI=1S/C22H25N5O2/c1-26(2)15-20-21(16-8-4-3-5-9-16)27(12-13-29-20)22(28)19-14-18(24-25-19)17-10-6-7-11-23-17/h3-11,14,20-21H,12-13,15H2,1-2H3,(H,24,25)/t20-,21-/m0/s1. The SMILES string of the molecule is CN(C)C[C@@H]1OCCN(C(=O)c2cc(-c3ccccn3)n[nH]2)[C@H]1c1ccccc1. The molecule has 0 aliphatic carbocycles. The first-order chi connectivity index (χ1) is 14.1. The molecular formula is C22H25N5O2. The van der Waals surface area contributed by atoms with Crippen molar-refractivity contribution in [2.45, 2.75) is 12.1 Å². The van der Waals surface area contributed by atoms with Gasteiger partial charge >= 0.3 is 0 Å². The van der Waals surface area contributed by atoms with E-state index in [-0.39, 0.29) is 18.1 Å². The van der Waals surface area contributed by atoms with Crippen molar-refractivity contribution in [2.24, 2.45) is 0 Å². The lowest BCUT2D eigenvalue weighted by Gasteiger charge is -2.42. The third kappa shape index (κ3) is 4.21. The number of aromatic amines is 1. The van der Waals surface area contributed by atoms with Crippen molar-refractivity contribution in [1.82, 2.24) is 25.0 Å². The van der Waals surface area contributed by atoms with E-state index in [1.54, 1.807) is 12.3 Å². The first-order valence-corrected chi connectivity index (χ1v) is 9.72.